The van der Waals surface area contributed by atoms with Crippen molar-refractivity contribution in [3.8, 4) is 6.07 Å². The average Bonchev–Trinajstić information content (AvgIpc) is 1.81. The van der Waals surface area contributed by atoms with E-state index in [1.54, 1.807) is 0 Å². The predicted octanol–water partition coefficient (Wildman–Crippen LogP) is -1.63. The van der Waals surface area contributed by atoms with E-state index in [0.717, 1.165) is 0 Å². The van der Waals surface area contributed by atoms with Gasteiger partial charge in [0.2, 0.25) is 0 Å². The van der Waals surface area contributed by atoms with Crippen LogP contribution in [0.15, 0.2) is 0 Å². The predicted molar refractivity (Wildman–Crippen MR) is 22.7 cm³/mol. The zero-order chi connectivity index (χ0) is 10.2. The van der Waals surface area contributed by atoms with Crippen molar-refractivity contribution in [3.05, 3.63) is 0 Å². The van der Waals surface area contributed by atoms with Gasteiger partial charge in [-0.2, -0.15) is 31.6 Å². The number of aliphatic hydroxyl groups is 1. The van der Waals surface area contributed by atoms with Crippen LogP contribution in [0.3, 0.4) is 0 Å². The van der Waals surface area contributed by atoms with Gasteiger partial charge in [0, 0.05) is 0 Å². The maximum absolute atomic E-state index is 11.4. The molecule has 0 spiro atoms. The second-order valence-electron chi connectivity index (χ2n) is 1.82. The van der Waals surface area contributed by atoms with Gasteiger partial charge in [0.25, 0.3) is 0 Å². The minimum Gasteiger partial charge on any atom is -0.361 e. The summed E-state index contributed by atoms with van der Waals surface area (Å²) in [6.45, 7) is 0. The fourth-order valence-corrected chi connectivity index (χ4v) is 0.287. The van der Waals surface area contributed by atoms with Crippen LogP contribution in [-0.2, 0) is 0 Å². The second kappa shape index (κ2) is 4.04. The summed E-state index contributed by atoms with van der Waals surface area (Å²) < 4.78 is 68.4. The van der Waals surface area contributed by atoms with Crippen LogP contribution < -0.4 is 29.6 Å². The molecule has 0 aromatic heterocycles. The summed E-state index contributed by atoms with van der Waals surface area (Å²) in [5.41, 5.74) is -5.28. The molecule has 9 heteroatoms. The molecule has 0 amide bonds. The third kappa shape index (κ3) is 2.74. The molecule has 0 atom stereocenters. The maximum atomic E-state index is 11.4. The van der Waals surface area contributed by atoms with Crippen molar-refractivity contribution in [1.29, 1.82) is 5.26 Å². The summed E-state index contributed by atoms with van der Waals surface area (Å²) in [4.78, 5) is 0. The summed E-state index contributed by atoms with van der Waals surface area (Å²) in [6, 6.07) is -0.236. The average molecular weight is 216 g/mol. The van der Waals surface area contributed by atoms with E-state index in [1.807, 2.05) is 0 Å². The maximum Gasteiger partial charge on any atom is 1.00 e. The molecule has 70 valence electrons. The van der Waals surface area contributed by atoms with Crippen LogP contribution in [0.25, 0.3) is 0 Å². The first-order valence-corrected chi connectivity index (χ1v) is 2.33. The van der Waals surface area contributed by atoms with Gasteiger partial charge < -0.3 is 5.11 Å². The van der Waals surface area contributed by atoms with Gasteiger partial charge in [0.05, 0.1) is 0 Å². The Morgan fingerprint density at radius 3 is 1.15 bits per heavy atom. The van der Waals surface area contributed by atoms with E-state index < -0.39 is 18.0 Å². The van der Waals surface area contributed by atoms with Crippen LogP contribution >= 0.6 is 0 Å². The molecule has 0 bridgehead atoms. The van der Waals surface area contributed by atoms with Crippen molar-refractivity contribution in [2.45, 2.75) is 18.0 Å². The van der Waals surface area contributed by atoms with Crippen molar-refractivity contribution in [1.82, 2.24) is 0 Å². The van der Waals surface area contributed by atoms with Gasteiger partial charge in [0.15, 0.2) is 0 Å². The van der Waals surface area contributed by atoms with Gasteiger partial charge in [0.1, 0.15) is 6.07 Å². The number of hydrogen-bond donors (Lipinski definition) is 1. The quantitative estimate of drug-likeness (QED) is 0.300. The van der Waals surface area contributed by atoms with E-state index >= 15 is 0 Å². The van der Waals surface area contributed by atoms with Crippen LogP contribution in [0.4, 0.5) is 26.3 Å². The fraction of sp³-hybridized carbons (Fsp3) is 0.750. The molecule has 0 aliphatic carbocycles. The van der Waals surface area contributed by atoms with Gasteiger partial charge in [-0.05, 0) is 0 Å². The molecule has 13 heavy (non-hydrogen) atoms. The molecule has 0 rings (SSSR count). The van der Waals surface area contributed by atoms with E-state index in [2.05, 4.69) is 0 Å². The third-order valence-electron chi connectivity index (χ3n) is 0.982. The normalized spacial score (nSPS) is 13.1. The standard InChI is InChI=1S/C4HF6NO.Na/c5-3(6,7)2(12,1-11)4(8,9)10;/h12H;/q;+1. The van der Waals surface area contributed by atoms with Crippen LogP contribution in [0.1, 0.15) is 0 Å². The van der Waals surface area contributed by atoms with Crippen LogP contribution in [0.5, 0.6) is 0 Å². The van der Waals surface area contributed by atoms with Gasteiger partial charge in [-0.15, -0.1) is 0 Å². The number of alkyl halides is 6. The van der Waals surface area contributed by atoms with E-state index in [0.29, 0.717) is 0 Å². The number of halogens is 6. The van der Waals surface area contributed by atoms with Crippen molar-refractivity contribution in [2.75, 3.05) is 0 Å². The van der Waals surface area contributed by atoms with Gasteiger partial charge in [-0.3, -0.25) is 0 Å². The molecule has 0 saturated heterocycles. The van der Waals surface area contributed by atoms with E-state index in [-0.39, 0.29) is 35.6 Å². The molecule has 0 saturated carbocycles. The number of hydrogen-bond acceptors (Lipinski definition) is 2. The monoisotopic (exact) mass is 216 g/mol. The largest absolute Gasteiger partial charge is 1.00 e. The smallest absolute Gasteiger partial charge is 0.361 e. The zero-order valence-electron chi connectivity index (χ0n) is 6.16. The van der Waals surface area contributed by atoms with E-state index in [1.165, 1.54) is 0 Å². The van der Waals surface area contributed by atoms with Crippen LogP contribution in [0.2, 0.25) is 0 Å². The molecule has 0 heterocycles. The zero-order valence-corrected chi connectivity index (χ0v) is 8.16. The topological polar surface area (TPSA) is 44.0 Å². The SMILES string of the molecule is N#CC(O)(C(F)(F)F)C(F)(F)F.[Na+]. The third-order valence-corrected chi connectivity index (χ3v) is 0.982. The molecule has 2 nitrogen and oxygen atoms in total. The summed E-state index contributed by atoms with van der Waals surface area (Å²) in [5.74, 6) is 0. The summed E-state index contributed by atoms with van der Waals surface area (Å²) in [6.07, 6.45) is -12.1. The minimum absolute atomic E-state index is 0. The van der Waals surface area contributed by atoms with Crippen molar-refractivity contribution >= 4 is 0 Å². The Morgan fingerprint density at radius 1 is 0.923 bits per heavy atom. The Balaban J connectivity index is 0. The molecular formula is C4HF6NNaO+. The van der Waals surface area contributed by atoms with Crippen molar-refractivity contribution in [3.63, 3.8) is 0 Å². The van der Waals surface area contributed by atoms with Crippen LogP contribution in [0, 0.1) is 11.3 Å². The molecule has 1 N–H and O–H groups in total. The van der Waals surface area contributed by atoms with Crippen molar-refractivity contribution < 1.29 is 61.0 Å². The first-order chi connectivity index (χ1) is 5.06. The van der Waals surface area contributed by atoms with Crippen LogP contribution in [-0.4, -0.2) is 23.1 Å². The number of nitrogens with zero attached hydrogens (tertiary/aromatic N) is 1. The molecule has 0 aromatic rings. The molecule has 0 aromatic carbocycles. The van der Waals surface area contributed by atoms with E-state index in [9.17, 15) is 26.3 Å². The second-order valence-corrected chi connectivity index (χ2v) is 1.82. The first-order valence-electron chi connectivity index (χ1n) is 2.33. The number of nitriles is 1. The van der Waals surface area contributed by atoms with Crippen molar-refractivity contribution in [2.24, 2.45) is 0 Å². The van der Waals surface area contributed by atoms with Gasteiger partial charge >= 0.3 is 47.5 Å². The van der Waals surface area contributed by atoms with E-state index in [4.69, 9.17) is 10.4 Å². The Hall–Kier alpha value is 0.0300. The molecule has 0 unspecified atom stereocenters. The molecule has 0 aliphatic rings. The Bertz CT molecular complexity index is 200. The summed E-state index contributed by atoms with van der Waals surface area (Å²) in [5, 5.41) is 15.4. The molecule has 0 radical (unpaired) electrons. The molecule has 0 aliphatic heterocycles. The minimum atomic E-state index is -6.04. The molecule has 0 fully saturated rings. The fourth-order valence-electron chi connectivity index (χ4n) is 0.287. The first kappa shape index (κ1) is 15.5. The summed E-state index contributed by atoms with van der Waals surface area (Å²) in [7, 11) is 0. The summed E-state index contributed by atoms with van der Waals surface area (Å²) >= 11 is 0. The molecular weight excluding hydrogens is 215 g/mol. The number of rotatable bonds is 0. The Labute approximate surface area is 90.4 Å². The Morgan fingerprint density at radius 2 is 1.15 bits per heavy atom. The van der Waals surface area contributed by atoms with Gasteiger partial charge in [-0.25, -0.2) is 0 Å². The van der Waals surface area contributed by atoms with Gasteiger partial charge in [-0.1, -0.05) is 0 Å². The Kier molecular flexibility index (Phi) is 4.82.